The van der Waals surface area contributed by atoms with E-state index in [1.807, 2.05) is 43.3 Å². The molecule has 1 saturated heterocycles. The minimum absolute atomic E-state index is 0.0885. The molecule has 1 fully saturated rings. The zero-order valence-corrected chi connectivity index (χ0v) is 22.2. The Morgan fingerprint density at radius 3 is 2.37 bits per heavy atom. The Morgan fingerprint density at radius 1 is 1.00 bits per heavy atom. The lowest BCUT2D eigenvalue weighted by atomic mass is 10.2. The molecule has 0 saturated carbocycles. The number of fused-ring (bicyclic) bond motifs is 1. The van der Waals surface area contributed by atoms with Gasteiger partial charge in [0.05, 0.1) is 11.9 Å². The number of nitrogens with one attached hydrogen (secondary N) is 2. The minimum Gasteiger partial charge on any atom is -0.450 e. The van der Waals surface area contributed by atoms with E-state index in [0.29, 0.717) is 49.4 Å². The van der Waals surface area contributed by atoms with Crippen molar-refractivity contribution in [2.75, 3.05) is 59.9 Å². The van der Waals surface area contributed by atoms with Crippen molar-refractivity contribution in [3.05, 3.63) is 66.6 Å². The van der Waals surface area contributed by atoms with Gasteiger partial charge >= 0.3 is 0 Å². The number of carbonyl (C=O) groups excluding carboxylic acids is 1. The van der Waals surface area contributed by atoms with Crippen LogP contribution in [-0.4, -0.2) is 68.1 Å². The summed E-state index contributed by atoms with van der Waals surface area (Å²) in [5.74, 6) is 1.41. The Kier molecular flexibility index (Phi) is 6.67. The van der Waals surface area contributed by atoms with Crippen LogP contribution in [0.2, 0.25) is 0 Å². The van der Waals surface area contributed by atoms with Crippen molar-refractivity contribution in [3.63, 3.8) is 0 Å². The summed E-state index contributed by atoms with van der Waals surface area (Å²) in [6.07, 6.45) is 2.98. The lowest BCUT2D eigenvalue weighted by Crippen LogP contribution is -2.48. The van der Waals surface area contributed by atoms with Gasteiger partial charge in [-0.05, 0) is 49.4 Å². The Hall–Kier alpha value is -4.16. The molecule has 0 bridgehead atoms. The molecule has 11 nitrogen and oxygen atoms in total. The minimum atomic E-state index is -3.16. The predicted molar refractivity (Wildman–Crippen MR) is 148 cm³/mol. The fraction of sp³-hybridized carbons (Fsp3) is 0.269. The number of likely N-dealkylation sites (N-methyl/N-ethyl adjacent to an activating group) is 1. The molecule has 1 aromatic heterocycles. The van der Waals surface area contributed by atoms with Gasteiger partial charge in [-0.15, -0.1) is 0 Å². The van der Waals surface area contributed by atoms with Crippen molar-refractivity contribution in [1.82, 2.24) is 14.3 Å². The van der Waals surface area contributed by atoms with E-state index in [-0.39, 0.29) is 11.7 Å². The molecular formula is C26H29N7O4S. The molecule has 0 spiro atoms. The molecule has 38 heavy (non-hydrogen) atoms. The summed E-state index contributed by atoms with van der Waals surface area (Å²) in [7, 11) is -1.48. The average molecular weight is 536 g/mol. The Labute approximate surface area is 221 Å². The van der Waals surface area contributed by atoms with Gasteiger partial charge in [-0.1, -0.05) is 6.58 Å². The van der Waals surface area contributed by atoms with Crippen LogP contribution in [0.4, 0.5) is 34.5 Å². The van der Waals surface area contributed by atoms with Crippen LogP contribution in [-0.2, 0) is 14.8 Å². The largest absolute Gasteiger partial charge is 0.450 e. The number of hydrogen-bond donors (Lipinski definition) is 2. The summed E-state index contributed by atoms with van der Waals surface area (Å²) >= 11 is 0. The van der Waals surface area contributed by atoms with E-state index in [1.54, 1.807) is 19.3 Å². The molecular weight excluding hydrogens is 506 g/mol. The van der Waals surface area contributed by atoms with Gasteiger partial charge in [0.25, 0.3) is 5.91 Å². The zero-order chi connectivity index (χ0) is 27.0. The van der Waals surface area contributed by atoms with Crippen molar-refractivity contribution in [1.29, 1.82) is 0 Å². The lowest BCUT2D eigenvalue weighted by molar-refractivity contribution is -0.117. The zero-order valence-electron chi connectivity index (χ0n) is 21.4. The molecule has 12 heteroatoms. The molecule has 2 aromatic carbocycles. The molecule has 2 aliphatic rings. The second-order valence-electron chi connectivity index (χ2n) is 9.24. The van der Waals surface area contributed by atoms with Crippen molar-refractivity contribution < 1.29 is 17.9 Å². The van der Waals surface area contributed by atoms with Crippen LogP contribution in [0.15, 0.2) is 61.0 Å². The van der Waals surface area contributed by atoms with Gasteiger partial charge < -0.3 is 25.2 Å². The van der Waals surface area contributed by atoms with Gasteiger partial charge in [0, 0.05) is 62.0 Å². The number of aromatic nitrogens is 2. The van der Waals surface area contributed by atoms with Crippen molar-refractivity contribution in [2.24, 2.45) is 0 Å². The van der Waals surface area contributed by atoms with Crippen molar-refractivity contribution >= 4 is 50.4 Å². The lowest BCUT2D eigenvalue weighted by Gasteiger charge is -2.34. The predicted octanol–water partition coefficient (Wildman–Crippen LogP) is 3.22. The molecule has 5 rings (SSSR count). The van der Waals surface area contributed by atoms with Crippen LogP contribution in [0.3, 0.4) is 0 Å². The maximum atomic E-state index is 12.2. The number of benzene rings is 2. The number of piperazine rings is 1. The highest BCUT2D eigenvalue weighted by Crippen LogP contribution is 2.37. The van der Waals surface area contributed by atoms with Crippen molar-refractivity contribution in [3.8, 4) is 5.75 Å². The number of anilines is 6. The second-order valence-corrected chi connectivity index (χ2v) is 11.2. The SMILES string of the molecule is C=C1Oc2ccc(Nc3nc(Nc4ccc(N5CCN(S(C)(=O)=O)CC5)cc4)ncc3C)cc2N(C)C1=O. The molecule has 3 aromatic rings. The molecule has 3 heterocycles. The van der Waals surface area contributed by atoms with Gasteiger partial charge in [0.2, 0.25) is 16.0 Å². The van der Waals surface area contributed by atoms with Crippen molar-refractivity contribution in [2.45, 2.75) is 6.92 Å². The molecule has 0 aliphatic carbocycles. The third kappa shape index (κ3) is 5.27. The van der Waals surface area contributed by atoms with Gasteiger partial charge in [-0.2, -0.15) is 9.29 Å². The third-order valence-electron chi connectivity index (χ3n) is 6.53. The van der Waals surface area contributed by atoms with E-state index >= 15 is 0 Å². The van der Waals surface area contributed by atoms with Crippen LogP contribution >= 0.6 is 0 Å². The number of rotatable bonds is 6. The highest BCUT2D eigenvalue weighted by Gasteiger charge is 2.26. The number of ether oxygens (including phenoxy) is 1. The molecule has 2 N–H and O–H groups in total. The Balaban J connectivity index is 1.26. The van der Waals surface area contributed by atoms with Gasteiger partial charge in [-0.3, -0.25) is 4.79 Å². The summed E-state index contributed by atoms with van der Waals surface area (Å²) < 4.78 is 30.5. The normalized spacial score (nSPS) is 16.2. The molecule has 2 aliphatic heterocycles. The highest BCUT2D eigenvalue weighted by molar-refractivity contribution is 7.88. The van der Waals surface area contributed by atoms with Crippen LogP contribution in [0.5, 0.6) is 5.75 Å². The Morgan fingerprint density at radius 2 is 1.68 bits per heavy atom. The average Bonchev–Trinajstić information content (AvgIpc) is 2.90. The quantitative estimate of drug-likeness (QED) is 0.459. The fourth-order valence-corrected chi connectivity index (χ4v) is 5.17. The maximum absolute atomic E-state index is 12.2. The number of carbonyl (C=O) groups is 1. The molecule has 0 atom stereocenters. The topological polar surface area (TPSA) is 120 Å². The van der Waals surface area contributed by atoms with Gasteiger partial charge in [-0.25, -0.2) is 13.4 Å². The Bertz CT molecular complexity index is 1500. The van der Waals surface area contributed by atoms with Gasteiger partial charge in [0.15, 0.2) is 11.5 Å². The first-order chi connectivity index (χ1) is 18.1. The summed E-state index contributed by atoms with van der Waals surface area (Å²) in [5, 5.41) is 6.53. The third-order valence-corrected chi connectivity index (χ3v) is 7.83. The fourth-order valence-electron chi connectivity index (χ4n) is 4.34. The second kappa shape index (κ2) is 9.95. The van der Waals surface area contributed by atoms with Crippen LogP contribution in [0.25, 0.3) is 0 Å². The summed E-state index contributed by atoms with van der Waals surface area (Å²) in [4.78, 5) is 24.9. The number of sulfonamides is 1. The number of amides is 1. The van der Waals surface area contributed by atoms with E-state index in [1.165, 1.54) is 15.5 Å². The standard InChI is InChI=1S/C26H29N7O4S/c1-17-16-27-26(29-19-5-8-21(9-6-19)32-11-13-33(14-12-32)38(4,35)36)30-24(17)28-20-7-10-23-22(15-20)31(3)25(34)18(2)37-23/h5-10,15-16H,2,11-14H2,1,3-4H3,(H2,27,28,29,30). The molecule has 198 valence electrons. The van der Waals surface area contributed by atoms with E-state index in [4.69, 9.17) is 4.74 Å². The van der Waals surface area contributed by atoms with E-state index in [2.05, 4.69) is 32.1 Å². The number of nitrogens with zero attached hydrogens (tertiary/aromatic N) is 5. The maximum Gasteiger partial charge on any atom is 0.293 e. The summed E-state index contributed by atoms with van der Waals surface area (Å²) in [5.41, 5.74) is 4.08. The van der Waals surface area contributed by atoms with Crippen LogP contribution < -0.4 is 25.2 Å². The van der Waals surface area contributed by atoms with Gasteiger partial charge in [0.1, 0.15) is 5.82 Å². The first-order valence-corrected chi connectivity index (χ1v) is 13.9. The van der Waals surface area contributed by atoms with E-state index in [9.17, 15) is 13.2 Å². The summed E-state index contributed by atoms with van der Waals surface area (Å²) in [6.45, 7) is 7.80. The monoisotopic (exact) mass is 535 g/mol. The molecule has 0 radical (unpaired) electrons. The van der Waals surface area contributed by atoms with Crippen LogP contribution in [0, 0.1) is 6.92 Å². The first kappa shape index (κ1) is 25.5. The van der Waals surface area contributed by atoms with Crippen LogP contribution in [0.1, 0.15) is 5.56 Å². The van der Waals surface area contributed by atoms with E-state index in [0.717, 1.165) is 22.6 Å². The summed E-state index contributed by atoms with van der Waals surface area (Å²) in [6, 6.07) is 13.3. The molecule has 1 amide bonds. The smallest absolute Gasteiger partial charge is 0.293 e. The number of aryl methyl sites for hydroxylation is 1. The van der Waals surface area contributed by atoms with E-state index < -0.39 is 10.0 Å². The molecule has 0 unspecified atom stereocenters. The highest BCUT2D eigenvalue weighted by atomic mass is 32.2. The number of hydrogen-bond acceptors (Lipinski definition) is 9. The first-order valence-electron chi connectivity index (χ1n) is 12.1.